The molecule has 8 nitrogen and oxygen atoms in total. The maximum absolute atomic E-state index is 12.4. The summed E-state index contributed by atoms with van der Waals surface area (Å²) in [6.45, 7) is 1.35. The van der Waals surface area contributed by atoms with Crippen LogP contribution in [0.15, 0.2) is 29.1 Å². The smallest absolute Gasteiger partial charge is 0.252 e. The number of carbonyl (C=O) groups is 2. The van der Waals surface area contributed by atoms with Gasteiger partial charge in [-0.3, -0.25) is 19.3 Å². The van der Waals surface area contributed by atoms with Crippen LogP contribution in [0.25, 0.3) is 10.9 Å². The largest absolute Gasteiger partial charge is 0.497 e. The molecule has 1 aromatic heterocycles. The third-order valence-corrected chi connectivity index (χ3v) is 4.60. The predicted octanol–water partition coefficient (Wildman–Crippen LogP) is -0.0268. The van der Waals surface area contributed by atoms with Crippen LogP contribution in [0.3, 0.4) is 0 Å². The maximum atomic E-state index is 12.4. The molecule has 0 spiro atoms. The van der Waals surface area contributed by atoms with E-state index in [0.717, 1.165) is 10.9 Å². The van der Waals surface area contributed by atoms with Crippen LogP contribution >= 0.6 is 0 Å². The average molecular weight is 358 g/mol. The molecule has 0 saturated carbocycles. The normalized spacial score (nSPS) is 17.8. The van der Waals surface area contributed by atoms with Gasteiger partial charge in [-0.05, 0) is 24.3 Å². The van der Waals surface area contributed by atoms with Crippen LogP contribution in [-0.2, 0) is 16.1 Å². The molecule has 0 bridgehead atoms. The standard InChI is InChI=1S/C18H22N4O4/c1-19-16(23)9-15-18(25)20-5-6-22(15)10-12-7-11-8-13(26-2)3-4-14(11)21-17(12)24/h3-4,7-8,15H,5-6,9-10H2,1-2H3,(H,19,23)(H,20,25)(H,21,24)/t15-/m0/s1. The van der Waals surface area contributed by atoms with E-state index in [0.29, 0.717) is 24.4 Å². The molecule has 2 heterocycles. The van der Waals surface area contributed by atoms with Crippen molar-refractivity contribution in [3.63, 3.8) is 0 Å². The number of nitrogens with zero attached hydrogens (tertiary/aromatic N) is 1. The summed E-state index contributed by atoms with van der Waals surface area (Å²) in [5.74, 6) is 0.290. The number of ether oxygens (including phenoxy) is 1. The van der Waals surface area contributed by atoms with E-state index in [1.165, 1.54) is 7.05 Å². The molecule has 2 aromatic rings. The zero-order chi connectivity index (χ0) is 18.7. The molecule has 26 heavy (non-hydrogen) atoms. The zero-order valence-corrected chi connectivity index (χ0v) is 14.8. The second kappa shape index (κ2) is 7.57. The summed E-state index contributed by atoms with van der Waals surface area (Å²) in [6, 6.07) is 6.64. The molecule has 3 N–H and O–H groups in total. The fraction of sp³-hybridized carbons (Fsp3) is 0.389. The lowest BCUT2D eigenvalue weighted by atomic mass is 10.1. The first-order valence-corrected chi connectivity index (χ1v) is 8.44. The number of piperazine rings is 1. The average Bonchev–Trinajstić information content (AvgIpc) is 2.64. The van der Waals surface area contributed by atoms with E-state index in [1.54, 1.807) is 25.3 Å². The van der Waals surface area contributed by atoms with E-state index in [-0.39, 0.29) is 30.3 Å². The molecule has 3 rings (SSSR count). The Morgan fingerprint density at radius 1 is 1.35 bits per heavy atom. The zero-order valence-electron chi connectivity index (χ0n) is 14.8. The van der Waals surface area contributed by atoms with Crippen LogP contribution in [0.5, 0.6) is 5.75 Å². The van der Waals surface area contributed by atoms with Gasteiger partial charge in [0.15, 0.2) is 0 Å². The molecule has 0 radical (unpaired) electrons. The monoisotopic (exact) mass is 358 g/mol. The summed E-state index contributed by atoms with van der Waals surface area (Å²) < 4.78 is 5.23. The molecule has 2 amide bonds. The van der Waals surface area contributed by atoms with Crippen molar-refractivity contribution >= 4 is 22.7 Å². The Morgan fingerprint density at radius 3 is 2.88 bits per heavy atom. The first kappa shape index (κ1) is 17.9. The van der Waals surface area contributed by atoms with Gasteiger partial charge in [-0.1, -0.05) is 0 Å². The number of hydrogen-bond donors (Lipinski definition) is 3. The Morgan fingerprint density at radius 2 is 2.15 bits per heavy atom. The van der Waals surface area contributed by atoms with Crippen LogP contribution < -0.4 is 20.9 Å². The molecule has 1 aliphatic rings. The predicted molar refractivity (Wildman–Crippen MR) is 97.0 cm³/mol. The Balaban J connectivity index is 1.90. The SMILES string of the molecule is CNC(=O)C[C@H]1C(=O)NCCN1Cc1cc2cc(OC)ccc2[nH]c1=O. The van der Waals surface area contributed by atoms with Crippen molar-refractivity contribution in [2.45, 2.75) is 19.0 Å². The number of amides is 2. The van der Waals surface area contributed by atoms with Gasteiger partial charge in [-0.25, -0.2) is 0 Å². The van der Waals surface area contributed by atoms with Crippen LogP contribution in [-0.4, -0.2) is 55.0 Å². The summed E-state index contributed by atoms with van der Waals surface area (Å²) in [4.78, 5) is 41.1. The number of methoxy groups -OCH3 is 1. The van der Waals surface area contributed by atoms with Gasteiger partial charge in [0.05, 0.1) is 19.6 Å². The molecule has 0 aliphatic carbocycles. The molecule has 1 saturated heterocycles. The third-order valence-electron chi connectivity index (χ3n) is 4.60. The number of fused-ring (bicyclic) bond motifs is 1. The van der Waals surface area contributed by atoms with Crippen LogP contribution in [0.4, 0.5) is 0 Å². The van der Waals surface area contributed by atoms with Gasteiger partial charge < -0.3 is 20.4 Å². The number of pyridine rings is 1. The van der Waals surface area contributed by atoms with Gasteiger partial charge >= 0.3 is 0 Å². The molecule has 1 aliphatic heterocycles. The van der Waals surface area contributed by atoms with Crippen LogP contribution in [0.1, 0.15) is 12.0 Å². The first-order chi connectivity index (χ1) is 12.5. The summed E-state index contributed by atoms with van der Waals surface area (Å²) in [6.07, 6.45) is 0.0572. The van der Waals surface area contributed by atoms with Crippen molar-refractivity contribution in [2.24, 2.45) is 0 Å². The summed E-state index contributed by atoms with van der Waals surface area (Å²) in [5.41, 5.74) is 1.06. The maximum Gasteiger partial charge on any atom is 0.252 e. The number of aromatic amines is 1. The molecule has 1 aromatic carbocycles. The van der Waals surface area contributed by atoms with Gasteiger partial charge in [0, 0.05) is 43.1 Å². The lowest BCUT2D eigenvalue weighted by Crippen LogP contribution is -2.56. The van der Waals surface area contributed by atoms with Crippen molar-refractivity contribution in [3.8, 4) is 5.75 Å². The van der Waals surface area contributed by atoms with Gasteiger partial charge in [0.1, 0.15) is 5.75 Å². The van der Waals surface area contributed by atoms with E-state index >= 15 is 0 Å². The number of H-pyrrole nitrogens is 1. The minimum atomic E-state index is -0.593. The van der Waals surface area contributed by atoms with Gasteiger partial charge in [0.25, 0.3) is 5.56 Å². The highest BCUT2D eigenvalue weighted by atomic mass is 16.5. The minimum absolute atomic E-state index is 0.0572. The van der Waals surface area contributed by atoms with E-state index in [4.69, 9.17) is 4.74 Å². The number of hydrogen-bond acceptors (Lipinski definition) is 5. The second-order valence-electron chi connectivity index (χ2n) is 6.23. The number of aromatic nitrogens is 1. The third kappa shape index (κ3) is 3.70. The number of rotatable bonds is 5. The van der Waals surface area contributed by atoms with Crippen molar-refractivity contribution < 1.29 is 14.3 Å². The molecular formula is C18H22N4O4. The highest BCUT2D eigenvalue weighted by Crippen LogP contribution is 2.20. The first-order valence-electron chi connectivity index (χ1n) is 8.44. The summed E-state index contributed by atoms with van der Waals surface area (Å²) in [7, 11) is 3.12. The summed E-state index contributed by atoms with van der Waals surface area (Å²) >= 11 is 0. The minimum Gasteiger partial charge on any atom is -0.497 e. The Labute approximate surface area is 150 Å². The van der Waals surface area contributed by atoms with Crippen LogP contribution in [0.2, 0.25) is 0 Å². The fourth-order valence-corrected chi connectivity index (χ4v) is 3.14. The summed E-state index contributed by atoms with van der Waals surface area (Å²) in [5, 5.41) is 6.16. The number of benzene rings is 1. The highest BCUT2D eigenvalue weighted by Gasteiger charge is 2.31. The quantitative estimate of drug-likeness (QED) is 0.697. The second-order valence-corrected chi connectivity index (χ2v) is 6.23. The van der Waals surface area contributed by atoms with E-state index < -0.39 is 6.04 Å². The van der Waals surface area contributed by atoms with Crippen LogP contribution in [0, 0.1) is 0 Å². The number of carbonyl (C=O) groups excluding carboxylic acids is 2. The van der Waals surface area contributed by atoms with Crippen molar-refractivity contribution in [3.05, 3.63) is 40.2 Å². The molecule has 138 valence electrons. The molecule has 0 unspecified atom stereocenters. The molecule has 1 fully saturated rings. The topological polar surface area (TPSA) is 104 Å². The number of nitrogens with one attached hydrogen (secondary N) is 3. The van der Waals surface area contributed by atoms with Gasteiger partial charge in [-0.2, -0.15) is 0 Å². The molecule has 1 atom stereocenters. The highest BCUT2D eigenvalue weighted by molar-refractivity contribution is 5.88. The van der Waals surface area contributed by atoms with E-state index in [1.807, 2.05) is 11.0 Å². The Hall–Kier alpha value is -2.87. The van der Waals surface area contributed by atoms with E-state index in [2.05, 4.69) is 15.6 Å². The van der Waals surface area contributed by atoms with Crippen molar-refractivity contribution in [1.29, 1.82) is 0 Å². The molecule has 8 heteroatoms. The fourth-order valence-electron chi connectivity index (χ4n) is 3.14. The Kier molecular flexibility index (Phi) is 5.22. The lowest BCUT2D eigenvalue weighted by molar-refractivity contribution is -0.134. The van der Waals surface area contributed by atoms with Gasteiger partial charge in [0.2, 0.25) is 11.8 Å². The lowest BCUT2D eigenvalue weighted by Gasteiger charge is -2.34. The van der Waals surface area contributed by atoms with Gasteiger partial charge in [-0.15, -0.1) is 0 Å². The van der Waals surface area contributed by atoms with E-state index in [9.17, 15) is 14.4 Å². The van der Waals surface area contributed by atoms with Crippen molar-refractivity contribution in [2.75, 3.05) is 27.2 Å². The Bertz CT molecular complexity index is 892. The van der Waals surface area contributed by atoms with Crippen molar-refractivity contribution in [1.82, 2.24) is 20.5 Å². The molecular weight excluding hydrogens is 336 g/mol.